The molecule has 0 heterocycles. The summed E-state index contributed by atoms with van der Waals surface area (Å²) < 4.78 is 31.6. The molecule has 0 radical (unpaired) electrons. The Kier molecular flexibility index (Phi) is 15.4. The highest BCUT2D eigenvalue weighted by Gasteiger charge is 1.93. The zero-order valence-electron chi connectivity index (χ0n) is 11.3. The molecule has 0 aliphatic heterocycles. The molecule has 0 spiro atoms. The second-order valence-corrected chi connectivity index (χ2v) is 4.63. The lowest BCUT2D eigenvalue weighted by Crippen LogP contribution is -2.11. The van der Waals surface area contributed by atoms with E-state index in [1.54, 1.807) is 6.92 Å². The van der Waals surface area contributed by atoms with E-state index in [1.807, 2.05) is 19.9 Å². The van der Waals surface area contributed by atoms with Crippen molar-refractivity contribution in [1.29, 1.82) is 0 Å². The van der Waals surface area contributed by atoms with Gasteiger partial charge in [-0.3, -0.25) is 13.9 Å². The third-order valence-electron chi connectivity index (χ3n) is 1.13. The summed E-state index contributed by atoms with van der Waals surface area (Å²) >= 11 is 0. The molecule has 0 aromatic heterocycles. The number of rotatable bonds is 3. The van der Waals surface area contributed by atoms with Crippen molar-refractivity contribution in [3.8, 4) is 0 Å². The van der Waals surface area contributed by atoms with Gasteiger partial charge in [0.05, 0.1) is 0 Å². The number of carbonyl (C=O) groups is 1. The van der Waals surface area contributed by atoms with Crippen LogP contribution in [0.4, 0.5) is 0 Å². The van der Waals surface area contributed by atoms with Crippen molar-refractivity contribution < 1.29 is 22.3 Å². The lowest BCUT2D eigenvalue weighted by molar-refractivity contribution is -0.114. The number of allylic oxidation sites excluding steroid dienone is 1. The lowest BCUT2D eigenvalue weighted by atomic mass is 10.2. The van der Waals surface area contributed by atoms with Crippen LogP contribution in [0.15, 0.2) is 11.6 Å². The van der Waals surface area contributed by atoms with Crippen molar-refractivity contribution in [2.24, 2.45) is 11.5 Å². The second-order valence-electron chi connectivity index (χ2n) is 3.73. The molecule has 0 aliphatic carbocycles. The monoisotopic (exact) mass is 284 g/mol. The maximum Gasteiger partial charge on any atom is 0.394 e. The minimum atomic E-state index is -4.67. The smallest absolute Gasteiger partial charge is 0.366 e. The molecule has 7 nitrogen and oxygen atoms in total. The topological polar surface area (TPSA) is 144 Å². The van der Waals surface area contributed by atoms with Crippen LogP contribution in [0.2, 0.25) is 0 Å². The Labute approximate surface area is 109 Å². The van der Waals surface area contributed by atoms with Gasteiger partial charge < -0.3 is 11.5 Å². The van der Waals surface area contributed by atoms with Gasteiger partial charge in [0.1, 0.15) is 0 Å². The van der Waals surface area contributed by atoms with Crippen LogP contribution < -0.4 is 11.5 Å². The quantitative estimate of drug-likeness (QED) is 0.448. The van der Waals surface area contributed by atoms with Crippen molar-refractivity contribution in [3.05, 3.63) is 11.6 Å². The summed E-state index contributed by atoms with van der Waals surface area (Å²) in [6.45, 7) is 7.68. The fourth-order valence-corrected chi connectivity index (χ4v) is 0.461. The van der Waals surface area contributed by atoms with Gasteiger partial charge in [0.2, 0.25) is 5.91 Å². The van der Waals surface area contributed by atoms with E-state index in [-0.39, 0.29) is 5.91 Å². The lowest BCUT2D eigenvalue weighted by Gasteiger charge is -1.90. The number of hydrogen-bond acceptors (Lipinski definition) is 4. The SMILES string of the molecule is CC(C)N.CCCC=C(C)C(N)=O.O=S(=O)(O)O. The van der Waals surface area contributed by atoms with Crippen LogP contribution in [-0.2, 0) is 15.2 Å². The summed E-state index contributed by atoms with van der Waals surface area (Å²) in [4.78, 5) is 10.4. The summed E-state index contributed by atoms with van der Waals surface area (Å²) in [5.41, 5.74) is 10.7. The standard InChI is InChI=1S/C7H13NO.C3H9N.H2O4S/c1-3-4-5-6(2)7(8)9;1-3(2)4;1-5(2,3)4/h5H,3-4H2,1-2H3,(H2,8,9);3H,4H2,1-2H3;(H2,1,2,3,4). The predicted molar refractivity (Wildman–Crippen MR) is 71.4 cm³/mol. The van der Waals surface area contributed by atoms with E-state index < -0.39 is 10.4 Å². The maximum absolute atomic E-state index is 10.4. The minimum absolute atomic E-state index is 0.316. The number of primary amides is 1. The zero-order valence-corrected chi connectivity index (χ0v) is 12.1. The Hall–Kier alpha value is -0.960. The van der Waals surface area contributed by atoms with Gasteiger partial charge in [0.15, 0.2) is 0 Å². The fraction of sp³-hybridized carbons (Fsp3) is 0.700. The van der Waals surface area contributed by atoms with Crippen molar-refractivity contribution >= 4 is 16.3 Å². The highest BCUT2D eigenvalue weighted by Crippen LogP contribution is 1.95. The van der Waals surface area contributed by atoms with Gasteiger partial charge in [0.25, 0.3) is 0 Å². The second kappa shape index (κ2) is 12.5. The van der Waals surface area contributed by atoms with Gasteiger partial charge in [-0.05, 0) is 19.4 Å². The predicted octanol–water partition coefficient (Wildman–Crippen LogP) is 0.919. The average Bonchev–Trinajstić information content (AvgIpc) is 2.10. The van der Waals surface area contributed by atoms with Crippen molar-refractivity contribution in [2.45, 2.75) is 46.6 Å². The fourth-order valence-electron chi connectivity index (χ4n) is 0.461. The molecule has 0 bridgehead atoms. The molecule has 0 unspecified atom stereocenters. The molecule has 0 saturated carbocycles. The van der Waals surface area contributed by atoms with Crippen LogP contribution in [-0.4, -0.2) is 29.5 Å². The van der Waals surface area contributed by atoms with E-state index in [4.69, 9.17) is 29.0 Å². The molecule has 0 aromatic carbocycles. The highest BCUT2D eigenvalue weighted by atomic mass is 32.3. The van der Waals surface area contributed by atoms with Crippen LogP contribution in [0.25, 0.3) is 0 Å². The van der Waals surface area contributed by atoms with Crippen LogP contribution in [0, 0.1) is 0 Å². The van der Waals surface area contributed by atoms with E-state index in [1.165, 1.54) is 0 Å². The Bertz CT molecular complexity index is 325. The molecule has 0 rings (SSSR count). The molecular formula is C10H24N2O5S. The number of hydrogen-bond donors (Lipinski definition) is 4. The van der Waals surface area contributed by atoms with Crippen molar-refractivity contribution in [3.63, 3.8) is 0 Å². The van der Waals surface area contributed by atoms with Crippen LogP contribution in [0.1, 0.15) is 40.5 Å². The summed E-state index contributed by atoms with van der Waals surface area (Å²) in [5.74, 6) is -0.316. The van der Waals surface area contributed by atoms with Gasteiger partial charge in [-0.25, -0.2) is 0 Å². The van der Waals surface area contributed by atoms with Crippen molar-refractivity contribution in [2.75, 3.05) is 0 Å². The van der Waals surface area contributed by atoms with Crippen molar-refractivity contribution in [1.82, 2.24) is 0 Å². The Balaban J connectivity index is -0.000000212. The molecule has 0 atom stereocenters. The maximum atomic E-state index is 10.4. The van der Waals surface area contributed by atoms with E-state index in [2.05, 4.69) is 6.92 Å². The minimum Gasteiger partial charge on any atom is -0.366 e. The third kappa shape index (κ3) is 59.8. The van der Waals surface area contributed by atoms with Gasteiger partial charge in [0, 0.05) is 5.57 Å². The summed E-state index contributed by atoms with van der Waals surface area (Å²) in [7, 11) is -4.67. The first-order chi connectivity index (χ1) is 7.91. The largest absolute Gasteiger partial charge is 0.394 e. The summed E-state index contributed by atoms with van der Waals surface area (Å²) in [6.07, 6.45) is 3.86. The molecule has 1 amide bonds. The molecule has 110 valence electrons. The first-order valence-electron chi connectivity index (χ1n) is 5.33. The van der Waals surface area contributed by atoms with Crippen LogP contribution in [0.3, 0.4) is 0 Å². The van der Waals surface area contributed by atoms with Gasteiger partial charge in [-0.1, -0.05) is 33.3 Å². The number of nitrogens with two attached hydrogens (primary N) is 2. The molecule has 8 heteroatoms. The van der Waals surface area contributed by atoms with Gasteiger partial charge in [-0.2, -0.15) is 8.42 Å². The van der Waals surface area contributed by atoms with E-state index in [0.717, 1.165) is 12.8 Å². The Morgan fingerprint density at radius 2 is 1.61 bits per heavy atom. The number of unbranched alkanes of at least 4 members (excludes halogenated alkanes) is 1. The molecule has 0 saturated heterocycles. The molecule has 0 fully saturated rings. The van der Waals surface area contributed by atoms with E-state index in [0.29, 0.717) is 11.6 Å². The Morgan fingerprint density at radius 1 is 1.33 bits per heavy atom. The van der Waals surface area contributed by atoms with Crippen LogP contribution >= 0.6 is 0 Å². The van der Waals surface area contributed by atoms with Crippen LogP contribution in [0.5, 0.6) is 0 Å². The molecule has 0 aliphatic rings. The third-order valence-corrected chi connectivity index (χ3v) is 1.13. The highest BCUT2D eigenvalue weighted by molar-refractivity contribution is 7.79. The Morgan fingerprint density at radius 3 is 1.78 bits per heavy atom. The molecular weight excluding hydrogens is 260 g/mol. The molecule has 18 heavy (non-hydrogen) atoms. The normalized spacial score (nSPS) is 11.0. The van der Waals surface area contributed by atoms with E-state index >= 15 is 0 Å². The first kappa shape index (κ1) is 22.2. The summed E-state index contributed by atoms with van der Waals surface area (Å²) in [5, 5.41) is 0. The molecule has 6 N–H and O–H groups in total. The van der Waals surface area contributed by atoms with Gasteiger partial charge >= 0.3 is 10.4 Å². The van der Waals surface area contributed by atoms with E-state index in [9.17, 15) is 4.79 Å². The zero-order chi connectivity index (χ0) is 15.4. The van der Waals surface area contributed by atoms with Gasteiger partial charge in [-0.15, -0.1) is 0 Å². The number of amides is 1. The first-order valence-corrected chi connectivity index (χ1v) is 6.73. The average molecular weight is 284 g/mol. The number of carbonyl (C=O) groups excluding carboxylic acids is 1. The summed E-state index contributed by atoms with van der Waals surface area (Å²) in [6, 6.07) is 0.333. The molecule has 0 aromatic rings.